The van der Waals surface area contributed by atoms with Crippen molar-refractivity contribution in [3.05, 3.63) is 0 Å². The van der Waals surface area contributed by atoms with E-state index in [0.29, 0.717) is 24.0 Å². The molecule has 0 rings (SSSR count). The highest BCUT2D eigenvalue weighted by molar-refractivity contribution is 8.00. The van der Waals surface area contributed by atoms with Gasteiger partial charge in [-0.25, -0.2) is 0 Å². The lowest BCUT2D eigenvalue weighted by Gasteiger charge is -2.20. The molecule has 0 aromatic carbocycles. The summed E-state index contributed by atoms with van der Waals surface area (Å²) in [6.07, 6.45) is 0.422. The highest BCUT2D eigenvalue weighted by Gasteiger charge is 2.19. The number of rotatable bonds is 9. The van der Waals surface area contributed by atoms with Crippen molar-refractivity contribution in [1.29, 1.82) is 0 Å². The van der Waals surface area contributed by atoms with Gasteiger partial charge in [0.15, 0.2) is 0 Å². The van der Waals surface area contributed by atoms with Gasteiger partial charge in [0.25, 0.3) is 0 Å². The van der Waals surface area contributed by atoms with Gasteiger partial charge in [0, 0.05) is 11.5 Å². The molecular weight excluding hydrogens is 304 g/mol. The lowest BCUT2D eigenvalue weighted by atomic mass is 10.1. The van der Waals surface area contributed by atoms with Crippen molar-refractivity contribution in [3.63, 3.8) is 0 Å². The van der Waals surface area contributed by atoms with E-state index in [0.717, 1.165) is 5.75 Å². The molecule has 0 heterocycles. The van der Waals surface area contributed by atoms with E-state index in [1.807, 2.05) is 34.6 Å². The number of azo groups is 1. The fourth-order valence-corrected chi connectivity index (χ4v) is 2.71. The standard InChI is InChI=1S/C15H30N2O2S2/c1-12(2)20-11-9-19-13(18)8-10-21-15(6,7)17-16-14(3,4)5/h12H,8-11H2,1-7H3. The van der Waals surface area contributed by atoms with Crippen LogP contribution in [0.4, 0.5) is 0 Å². The molecule has 0 aliphatic heterocycles. The topological polar surface area (TPSA) is 51.0 Å². The number of nitrogens with zero attached hydrogens (tertiary/aromatic N) is 2. The number of hydrogen-bond acceptors (Lipinski definition) is 6. The first-order valence-electron chi connectivity index (χ1n) is 7.37. The molecule has 21 heavy (non-hydrogen) atoms. The largest absolute Gasteiger partial charge is 0.465 e. The summed E-state index contributed by atoms with van der Waals surface area (Å²) in [5.41, 5.74) is -0.162. The molecule has 0 N–H and O–H groups in total. The van der Waals surface area contributed by atoms with Crippen LogP contribution in [0, 0.1) is 0 Å². The predicted octanol–water partition coefficient (Wildman–Crippen LogP) is 4.78. The van der Waals surface area contributed by atoms with Crippen molar-refractivity contribution in [1.82, 2.24) is 0 Å². The van der Waals surface area contributed by atoms with Gasteiger partial charge in [-0.05, 0) is 39.9 Å². The molecule has 0 saturated carbocycles. The average molecular weight is 335 g/mol. The minimum absolute atomic E-state index is 0.129. The van der Waals surface area contributed by atoms with E-state index in [1.54, 1.807) is 23.5 Å². The van der Waals surface area contributed by atoms with Crippen LogP contribution in [0.5, 0.6) is 0 Å². The fourth-order valence-electron chi connectivity index (χ4n) is 1.19. The minimum Gasteiger partial charge on any atom is -0.465 e. The molecule has 0 aliphatic carbocycles. The Labute approximate surface area is 138 Å². The van der Waals surface area contributed by atoms with Gasteiger partial charge in [-0.15, -0.1) is 11.8 Å². The summed E-state index contributed by atoms with van der Waals surface area (Å²) in [4.78, 5) is 11.3. The first-order chi connectivity index (χ1) is 9.52. The summed E-state index contributed by atoms with van der Waals surface area (Å²) < 4.78 is 5.19. The van der Waals surface area contributed by atoms with E-state index < -0.39 is 0 Å². The van der Waals surface area contributed by atoms with Crippen LogP contribution in [0.15, 0.2) is 10.2 Å². The van der Waals surface area contributed by atoms with E-state index in [-0.39, 0.29) is 16.4 Å². The zero-order valence-corrected chi connectivity index (χ0v) is 16.1. The summed E-state index contributed by atoms with van der Waals surface area (Å²) >= 11 is 3.43. The molecule has 124 valence electrons. The number of ether oxygens (including phenoxy) is 1. The summed E-state index contributed by atoms with van der Waals surface area (Å²) in [6.45, 7) is 14.8. The lowest BCUT2D eigenvalue weighted by molar-refractivity contribution is -0.142. The third-order valence-corrected chi connectivity index (χ3v) is 4.42. The van der Waals surface area contributed by atoms with Gasteiger partial charge in [-0.1, -0.05) is 13.8 Å². The van der Waals surface area contributed by atoms with Crippen molar-refractivity contribution in [2.75, 3.05) is 18.1 Å². The molecule has 0 saturated heterocycles. The van der Waals surface area contributed by atoms with Crippen LogP contribution in [0.25, 0.3) is 0 Å². The van der Waals surface area contributed by atoms with E-state index in [4.69, 9.17) is 4.74 Å². The number of carbonyl (C=O) groups is 1. The van der Waals surface area contributed by atoms with Gasteiger partial charge in [-0.3, -0.25) is 4.79 Å². The van der Waals surface area contributed by atoms with Crippen molar-refractivity contribution in [2.45, 2.75) is 70.5 Å². The molecule has 0 radical (unpaired) electrons. The third kappa shape index (κ3) is 14.5. The number of esters is 1. The normalized spacial score (nSPS) is 13.1. The van der Waals surface area contributed by atoms with Crippen molar-refractivity contribution >= 4 is 29.5 Å². The van der Waals surface area contributed by atoms with Gasteiger partial charge in [0.2, 0.25) is 0 Å². The van der Waals surface area contributed by atoms with Crippen LogP contribution < -0.4 is 0 Å². The van der Waals surface area contributed by atoms with E-state index >= 15 is 0 Å². The van der Waals surface area contributed by atoms with Gasteiger partial charge in [-0.2, -0.15) is 22.0 Å². The fraction of sp³-hybridized carbons (Fsp3) is 0.933. The number of thioether (sulfide) groups is 2. The first kappa shape index (κ1) is 20.8. The molecule has 4 nitrogen and oxygen atoms in total. The Balaban J connectivity index is 3.86. The molecule has 0 aromatic heterocycles. The van der Waals surface area contributed by atoms with Gasteiger partial charge < -0.3 is 4.74 Å². The monoisotopic (exact) mass is 334 g/mol. The van der Waals surface area contributed by atoms with Gasteiger partial charge in [0.05, 0.1) is 12.0 Å². The molecule has 0 atom stereocenters. The molecule has 0 spiro atoms. The maximum Gasteiger partial charge on any atom is 0.306 e. The quantitative estimate of drug-likeness (QED) is 0.346. The second-order valence-electron chi connectivity index (χ2n) is 6.56. The lowest BCUT2D eigenvalue weighted by Crippen LogP contribution is -2.16. The zero-order chi connectivity index (χ0) is 16.5. The Bertz CT molecular complexity index is 337. The van der Waals surface area contributed by atoms with Crippen LogP contribution in [0.2, 0.25) is 0 Å². The zero-order valence-electron chi connectivity index (χ0n) is 14.4. The summed E-state index contributed by atoms with van der Waals surface area (Å²) in [7, 11) is 0. The Morgan fingerprint density at radius 1 is 1.10 bits per heavy atom. The number of hydrogen-bond donors (Lipinski definition) is 0. The average Bonchev–Trinajstić information content (AvgIpc) is 2.31. The molecule has 0 aromatic rings. The van der Waals surface area contributed by atoms with E-state index in [1.165, 1.54) is 0 Å². The van der Waals surface area contributed by atoms with Gasteiger partial charge in [0.1, 0.15) is 11.5 Å². The molecule has 0 unspecified atom stereocenters. The third-order valence-electron chi connectivity index (χ3n) is 2.15. The van der Waals surface area contributed by atoms with Gasteiger partial charge >= 0.3 is 5.97 Å². The van der Waals surface area contributed by atoms with E-state index in [2.05, 4.69) is 24.1 Å². The second kappa shape index (κ2) is 9.72. The minimum atomic E-state index is -0.305. The van der Waals surface area contributed by atoms with Crippen molar-refractivity contribution in [3.8, 4) is 0 Å². The predicted molar refractivity (Wildman–Crippen MR) is 94.3 cm³/mol. The summed E-state index contributed by atoms with van der Waals surface area (Å²) in [5.74, 6) is 1.43. The first-order valence-corrected chi connectivity index (χ1v) is 9.40. The number of carbonyl (C=O) groups excluding carboxylic acids is 1. The highest BCUT2D eigenvalue weighted by atomic mass is 32.2. The summed E-state index contributed by atoms with van der Waals surface area (Å²) in [5, 5.41) is 9.22. The van der Waals surface area contributed by atoms with Crippen LogP contribution in [-0.2, 0) is 9.53 Å². The van der Waals surface area contributed by atoms with E-state index in [9.17, 15) is 4.79 Å². The maximum atomic E-state index is 11.6. The van der Waals surface area contributed by atoms with Crippen LogP contribution in [-0.4, -0.2) is 39.7 Å². The smallest absolute Gasteiger partial charge is 0.306 e. The van der Waals surface area contributed by atoms with Crippen molar-refractivity contribution in [2.24, 2.45) is 10.2 Å². The molecule has 0 bridgehead atoms. The Kier molecular flexibility index (Phi) is 9.61. The van der Waals surface area contributed by atoms with Crippen LogP contribution in [0.3, 0.4) is 0 Å². The SMILES string of the molecule is CC(C)SCCOC(=O)CCSC(C)(C)N=NC(C)(C)C. The van der Waals surface area contributed by atoms with Crippen LogP contribution >= 0.6 is 23.5 Å². The maximum absolute atomic E-state index is 11.6. The highest BCUT2D eigenvalue weighted by Crippen LogP contribution is 2.28. The molecule has 0 fully saturated rings. The molecular formula is C15H30N2O2S2. The second-order valence-corrected chi connectivity index (χ2v) is 9.94. The van der Waals surface area contributed by atoms with Crippen molar-refractivity contribution < 1.29 is 9.53 Å². The Morgan fingerprint density at radius 2 is 1.71 bits per heavy atom. The molecule has 0 amide bonds. The Hall–Kier alpha value is -0.230. The van der Waals surface area contributed by atoms with Crippen LogP contribution in [0.1, 0.15) is 54.9 Å². The molecule has 6 heteroatoms. The summed E-state index contributed by atoms with van der Waals surface area (Å²) in [6, 6.07) is 0. The Morgan fingerprint density at radius 3 is 2.24 bits per heavy atom. The molecule has 0 aliphatic rings.